The van der Waals surface area contributed by atoms with Crippen molar-refractivity contribution in [3.8, 4) is 0 Å². The highest BCUT2D eigenvalue weighted by molar-refractivity contribution is 5.70. The molecular weight excluding hydrogens is 276 g/mol. The van der Waals surface area contributed by atoms with Gasteiger partial charge >= 0.3 is 11.8 Å². The maximum atomic E-state index is 11.1. The third kappa shape index (κ3) is 3.14. The molecule has 1 aromatic rings. The highest BCUT2D eigenvalue weighted by Crippen LogP contribution is 2.31. The number of imidazole rings is 1. The monoisotopic (exact) mass is 296 g/mol. The molecule has 0 unspecified atom stereocenters. The highest BCUT2D eigenvalue weighted by atomic mass is 16.6. The van der Waals surface area contributed by atoms with Crippen molar-refractivity contribution < 1.29 is 14.8 Å². The number of hydrogen-bond acceptors (Lipinski definition) is 5. The smallest absolute Gasteiger partial charge is 0.406 e. The first-order chi connectivity index (χ1) is 9.93. The number of aromatic nitrogens is 2. The fraction of sp³-hybridized carbons (Fsp3) is 0.692. The van der Waals surface area contributed by atoms with Crippen molar-refractivity contribution in [2.24, 2.45) is 5.92 Å². The molecule has 1 saturated carbocycles. The van der Waals surface area contributed by atoms with Crippen LogP contribution in [0.1, 0.15) is 38.4 Å². The van der Waals surface area contributed by atoms with E-state index >= 15 is 0 Å². The van der Waals surface area contributed by atoms with Gasteiger partial charge in [-0.05, 0) is 42.5 Å². The van der Waals surface area contributed by atoms with Crippen LogP contribution in [-0.2, 0) is 11.3 Å². The molecule has 2 N–H and O–H groups in total. The molecule has 116 valence electrons. The number of rotatable bonds is 5. The Labute approximate surface area is 122 Å². The molecule has 0 spiro atoms. The van der Waals surface area contributed by atoms with Crippen LogP contribution in [0.5, 0.6) is 0 Å². The van der Waals surface area contributed by atoms with E-state index in [0.717, 1.165) is 0 Å². The Bertz CT molecular complexity index is 547. The summed E-state index contributed by atoms with van der Waals surface area (Å²) in [5.74, 6) is -0.177. The lowest BCUT2D eigenvalue weighted by molar-refractivity contribution is -0.388. The molecule has 1 aliphatic carbocycles. The molecule has 1 aromatic heterocycles. The summed E-state index contributed by atoms with van der Waals surface area (Å²) in [4.78, 5) is 25.6. The first-order valence-corrected chi connectivity index (χ1v) is 7.14. The zero-order valence-electron chi connectivity index (χ0n) is 12.2. The summed E-state index contributed by atoms with van der Waals surface area (Å²) in [6, 6.07) is 0.0562. The molecule has 1 aliphatic rings. The highest BCUT2D eigenvalue weighted by Gasteiger charge is 2.30. The zero-order valence-corrected chi connectivity index (χ0v) is 12.2. The lowest BCUT2D eigenvalue weighted by Crippen LogP contribution is -2.30. The van der Waals surface area contributed by atoms with Crippen molar-refractivity contribution in [1.29, 1.82) is 0 Å². The van der Waals surface area contributed by atoms with Crippen LogP contribution in [0.4, 0.5) is 11.6 Å². The number of nitrogens with zero attached hydrogens (tertiary/aromatic N) is 3. The summed E-state index contributed by atoms with van der Waals surface area (Å²) in [6.45, 7) is 4.24. The van der Waals surface area contributed by atoms with Gasteiger partial charge in [-0.1, -0.05) is 0 Å². The van der Waals surface area contributed by atoms with Crippen molar-refractivity contribution >= 4 is 17.6 Å². The minimum Gasteiger partial charge on any atom is -0.481 e. The predicted octanol–water partition coefficient (Wildman–Crippen LogP) is 2.17. The van der Waals surface area contributed by atoms with Crippen molar-refractivity contribution in [1.82, 2.24) is 9.55 Å². The van der Waals surface area contributed by atoms with E-state index in [1.165, 1.54) is 0 Å². The summed E-state index contributed by atoms with van der Waals surface area (Å²) in [7, 11) is 0. The average molecular weight is 296 g/mol. The van der Waals surface area contributed by atoms with Crippen molar-refractivity contribution in [3.63, 3.8) is 0 Å². The lowest BCUT2D eigenvalue weighted by Gasteiger charge is -2.27. The topological polar surface area (TPSA) is 110 Å². The van der Waals surface area contributed by atoms with Crippen molar-refractivity contribution in [2.75, 3.05) is 5.32 Å². The molecule has 0 atom stereocenters. The fourth-order valence-corrected chi connectivity index (χ4v) is 2.88. The summed E-state index contributed by atoms with van der Waals surface area (Å²) in [6.07, 6.45) is 2.59. The third-order valence-electron chi connectivity index (χ3n) is 4.05. The molecule has 0 amide bonds. The Morgan fingerprint density at radius 2 is 2.10 bits per heavy atom. The molecule has 0 radical (unpaired) electrons. The maximum absolute atomic E-state index is 11.1. The second kappa shape index (κ2) is 6.11. The lowest BCUT2D eigenvalue weighted by atomic mass is 9.86. The number of carboxylic acid groups (broad SMARTS) is 1. The van der Waals surface area contributed by atoms with Crippen LogP contribution in [-0.4, -0.2) is 31.6 Å². The quantitative estimate of drug-likeness (QED) is 0.636. The van der Waals surface area contributed by atoms with Crippen LogP contribution in [0.15, 0.2) is 0 Å². The van der Waals surface area contributed by atoms with Gasteiger partial charge < -0.3 is 20.5 Å². The molecule has 0 saturated heterocycles. The van der Waals surface area contributed by atoms with Gasteiger partial charge in [0.25, 0.3) is 0 Å². The van der Waals surface area contributed by atoms with Crippen LogP contribution in [0, 0.1) is 23.0 Å². The second-order valence-corrected chi connectivity index (χ2v) is 5.36. The molecule has 8 nitrogen and oxygen atoms in total. The Morgan fingerprint density at radius 3 is 2.57 bits per heavy atom. The van der Waals surface area contributed by atoms with Gasteiger partial charge in [0.2, 0.25) is 11.6 Å². The van der Waals surface area contributed by atoms with Crippen LogP contribution in [0.25, 0.3) is 0 Å². The van der Waals surface area contributed by atoms with Gasteiger partial charge in [-0.2, -0.15) is 0 Å². The molecule has 2 rings (SSSR count). The van der Waals surface area contributed by atoms with Gasteiger partial charge in [0.1, 0.15) is 0 Å². The molecule has 8 heteroatoms. The van der Waals surface area contributed by atoms with Crippen molar-refractivity contribution in [3.05, 3.63) is 15.9 Å². The van der Waals surface area contributed by atoms with Gasteiger partial charge in [-0.15, -0.1) is 0 Å². The van der Waals surface area contributed by atoms with Gasteiger partial charge in [0.15, 0.2) is 0 Å². The largest absolute Gasteiger partial charge is 0.481 e. The molecule has 0 bridgehead atoms. The fourth-order valence-electron chi connectivity index (χ4n) is 2.88. The minimum atomic E-state index is -0.756. The van der Waals surface area contributed by atoms with E-state index in [0.29, 0.717) is 43.9 Å². The summed E-state index contributed by atoms with van der Waals surface area (Å²) in [5.41, 5.74) is 0. The Morgan fingerprint density at radius 1 is 1.48 bits per heavy atom. The number of aliphatic carboxylic acids is 1. The van der Waals surface area contributed by atoms with E-state index in [2.05, 4.69) is 10.3 Å². The van der Waals surface area contributed by atoms with Crippen molar-refractivity contribution in [2.45, 2.75) is 52.1 Å². The predicted molar refractivity (Wildman–Crippen MR) is 76.3 cm³/mol. The number of carboxylic acids is 1. The number of carbonyl (C=O) groups is 1. The maximum Gasteiger partial charge on any atom is 0.406 e. The standard InChI is InChI=1S/C13H20N4O4/c1-3-16-8(2)14-12(17(20)21)11(16)15-10-6-4-9(5-7-10)13(18)19/h9-10,15H,3-7H2,1-2H3,(H,18,19). The van der Waals surface area contributed by atoms with E-state index in [9.17, 15) is 14.9 Å². The first-order valence-electron chi connectivity index (χ1n) is 7.14. The second-order valence-electron chi connectivity index (χ2n) is 5.36. The summed E-state index contributed by atoms with van der Waals surface area (Å²) >= 11 is 0. The van der Waals surface area contributed by atoms with Crippen LogP contribution in [0.2, 0.25) is 0 Å². The van der Waals surface area contributed by atoms with Crippen LogP contribution in [0.3, 0.4) is 0 Å². The number of aryl methyl sites for hydroxylation is 1. The van der Waals surface area contributed by atoms with Crippen LogP contribution >= 0.6 is 0 Å². The van der Waals surface area contributed by atoms with E-state index < -0.39 is 10.9 Å². The van der Waals surface area contributed by atoms with Crippen LogP contribution < -0.4 is 5.32 Å². The molecule has 21 heavy (non-hydrogen) atoms. The number of hydrogen-bond donors (Lipinski definition) is 2. The number of nitro groups is 1. The van der Waals surface area contributed by atoms with Gasteiger partial charge in [0.05, 0.1) is 5.92 Å². The molecule has 0 aromatic carbocycles. The molecule has 0 aliphatic heterocycles. The van der Waals surface area contributed by atoms with E-state index in [1.807, 2.05) is 6.92 Å². The van der Waals surface area contributed by atoms with Gasteiger partial charge in [-0.25, -0.2) is 0 Å². The minimum absolute atomic E-state index is 0.0562. The summed E-state index contributed by atoms with van der Waals surface area (Å²) < 4.78 is 1.78. The molecular formula is C13H20N4O4. The zero-order chi connectivity index (χ0) is 15.6. The van der Waals surface area contributed by atoms with E-state index in [-0.39, 0.29) is 17.8 Å². The molecule has 1 fully saturated rings. The SMILES string of the molecule is CCn1c(C)nc([N+](=O)[O-])c1NC1CCC(C(=O)O)CC1. The van der Waals surface area contributed by atoms with E-state index in [1.54, 1.807) is 11.5 Å². The Balaban J connectivity index is 2.13. The first kappa shape index (κ1) is 15.3. The Hall–Kier alpha value is -2.12. The molecule has 1 heterocycles. The van der Waals surface area contributed by atoms with E-state index in [4.69, 9.17) is 5.11 Å². The van der Waals surface area contributed by atoms with Gasteiger partial charge in [0, 0.05) is 19.5 Å². The Kier molecular flexibility index (Phi) is 4.44. The normalized spacial score (nSPS) is 22.0. The van der Waals surface area contributed by atoms with Gasteiger partial charge in [-0.3, -0.25) is 9.36 Å². The third-order valence-corrected chi connectivity index (χ3v) is 4.05. The average Bonchev–Trinajstić information content (AvgIpc) is 2.75. The number of nitrogens with one attached hydrogen (secondary N) is 1. The number of anilines is 1. The summed E-state index contributed by atoms with van der Waals surface area (Å²) in [5, 5.41) is 23.3.